The molecular formula is C24H27N5O3S. The van der Waals surface area contributed by atoms with Crippen LogP contribution in [0.15, 0.2) is 60.3 Å². The minimum Gasteiger partial charge on any atom is -0.486 e. The normalized spacial score (nSPS) is 10.5. The Kier molecular flexibility index (Phi) is 8.26. The lowest BCUT2D eigenvalue weighted by Gasteiger charge is -2.10. The molecule has 3 aromatic rings. The first-order valence-corrected chi connectivity index (χ1v) is 11.4. The van der Waals surface area contributed by atoms with E-state index in [1.165, 1.54) is 11.8 Å². The van der Waals surface area contributed by atoms with Gasteiger partial charge in [-0.25, -0.2) is 4.79 Å². The number of thioether (sulfide) groups is 1. The van der Waals surface area contributed by atoms with Crippen molar-refractivity contribution in [3.05, 3.63) is 77.6 Å². The fourth-order valence-electron chi connectivity index (χ4n) is 2.97. The number of amides is 3. The Bertz CT molecular complexity index is 1160. The number of hydrogen-bond acceptors (Lipinski definition) is 6. The van der Waals surface area contributed by atoms with Gasteiger partial charge in [-0.3, -0.25) is 14.7 Å². The van der Waals surface area contributed by atoms with Gasteiger partial charge in [0.15, 0.2) is 11.0 Å². The summed E-state index contributed by atoms with van der Waals surface area (Å²) < 4.78 is 7.65. The van der Waals surface area contributed by atoms with E-state index in [2.05, 4.69) is 27.4 Å². The maximum atomic E-state index is 12.3. The smallest absolute Gasteiger partial charge is 0.325 e. The maximum absolute atomic E-state index is 12.3. The molecule has 0 unspecified atom stereocenters. The minimum absolute atomic E-state index is 0.00829. The molecule has 3 amide bonds. The van der Waals surface area contributed by atoms with Gasteiger partial charge in [0.2, 0.25) is 5.91 Å². The van der Waals surface area contributed by atoms with Crippen molar-refractivity contribution < 1.29 is 14.3 Å². The number of ether oxygens (including phenoxy) is 1. The largest absolute Gasteiger partial charge is 0.486 e. The summed E-state index contributed by atoms with van der Waals surface area (Å²) in [6.07, 6.45) is 1.72. The van der Waals surface area contributed by atoms with Gasteiger partial charge in [-0.05, 0) is 61.7 Å². The van der Waals surface area contributed by atoms with E-state index in [1.807, 2.05) is 61.7 Å². The van der Waals surface area contributed by atoms with Gasteiger partial charge in [-0.2, -0.15) is 0 Å². The SMILES string of the molecule is C=CCn1c(COc2cccc(C)c2)nnc1SCC(=O)NC(=O)Nc1ccc(C)c(C)c1. The number of aromatic nitrogens is 3. The summed E-state index contributed by atoms with van der Waals surface area (Å²) in [5, 5.41) is 13.9. The molecule has 9 heteroatoms. The lowest BCUT2D eigenvalue weighted by molar-refractivity contribution is -0.117. The number of allylic oxidation sites excluding steroid dienone is 1. The van der Waals surface area contributed by atoms with E-state index in [0.29, 0.717) is 23.2 Å². The summed E-state index contributed by atoms with van der Waals surface area (Å²) in [5.74, 6) is 0.930. The van der Waals surface area contributed by atoms with Crippen molar-refractivity contribution in [1.82, 2.24) is 20.1 Å². The van der Waals surface area contributed by atoms with E-state index in [4.69, 9.17) is 4.74 Å². The minimum atomic E-state index is -0.580. The van der Waals surface area contributed by atoms with Gasteiger partial charge in [0.05, 0.1) is 5.75 Å². The summed E-state index contributed by atoms with van der Waals surface area (Å²) >= 11 is 1.19. The summed E-state index contributed by atoms with van der Waals surface area (Å²) in [6.45, 7) is 10.4. The van der Waals surface area contributed by atoms with Crippen LogP contribution >= 0.6 is 11.8 Å². The third-order valence-corrected chi connectivity index (χ3v) is 5.78. The third-order valence-electron chi connectivity index (χ3n) is 4.81. The summed E-state index contributed by atoms with van der Waals surface area (Å²) in [6, 6.07) is 12.7. The Morgan fingerprint density at radius 1 is 1.12 bits per heavy atom. The van der Waals surface area contributed by atoms with E-state index >= 15 is 0 Å². The lowest BCUT2D eigenvalue weighted by Crippen LogP contribution is -2.35. The van der Waals surface area contributed by atoms with Gasteiger partial charge >= 0.3 is 6.03 Å². The van der Waals surface area contributed by atoms with Crippen LogP contribution in [0.1, 0.15) is 22.5 Å². The number of aryl methyl sites for hydroxylation is 3. The molecule has 0 saturated heterocycles. The Morgan fingerprint density at radius 2 is 1.94 bits per heavy atom. The summed E-state index contributed by atoms with van der Waals surface area (Å²) in [4.78, 5) is 24.4. The van der Waals surface area contributed by atoms with Crippen LogP contribution in [0, 0.1) is 20.8 Å². The number of nitrogens with zero attached hydrogens (tertiary/aromatic N) is 3. The molecule has 3 rings (SSSR count). The molecule has 33 heavy (non-hydrogen) atoms. The molecule has 1 aromatic heterocycles. The number of benzene rings is 2. The molecule has 0 saturated carbocycles. The summed E-state index contributed by atoms with van der Waals surface area (Å²) in [7, 11) is 0. The predicted molar refractivity (Wildman–Crippen MR) is 130 cm³/mol. The third kappa shape index (κ3) is 6.95. The van der Waals surface area contributed by atoms with Crippen LogP contribution < -0.4 is 15.4 Å². The monoisotopic (exact) mass is 465 g/mol. The number of nitrogens with one attached hydrogen (secondary N) is 2. The second kappa shape index (κ2) is 11.3. The van der Waals surface area contributed by atoms with Gasteiger partial charge < -0.3 is 10.1 Å². The van der Waals surface area contributed by atoms with Crippen molar-refractivity contribution >= 4 is 29.4 Å². The van der Waals surface area contributed by atoms with E-state index in [0.717, 1.165) is 22.4 Å². The molecule has 0 aliphatic rings. The molecule has 0 fully saturated rings. The second-order valence-electron chi connectivity index (χ2n) is 7.49. The molecule has 0 radical (unpaired) electrons. The van der Waals surface area contributed by atoms with Crippen LogP contribution in [-0.4, -0.2) is 32.5 Å². The molecule has 1 heterocycles. The quantitative estimate of drug-likeness (QED) is 0.359. The Morgan fingerprint density at radius 3 is 2.67 bits per heavy atom. The molecule has 2 N–H and O–H groups in total. The van der Waals surface area contributed by atoms with Crippen LogP contribution in [0.3, 0.4) is 0 Å². The Balaban J connectivity index is 1.55. The molecule has 0 bridgehead atoms. The van der Waals surface area contributed by atoms with Crippen LogP contribution in [0.2, 0.25) is 0 Å². The highest BCUT2D eigenvalue weighted by molar-refractivity contribution is 7.99. The van der Waals surface area contributed by atoms with Crippen LogP contribution in [0.5, 0.6) is 5.75 Å². The Hall–Kier alpha value is -3.59. The number of carbonyl (C=O) groups is 2. The Labute approximate surface area is 197 Å². The zero-order chi connectivity index (χ0) is 23.8. The average Bonchev–Trinajstić information content (AvgIpc) is 3.15. The highest BCUT2D eigenvalue weighted by Gasteiger charge is 2.15. The number of imide groups is 1. The molecule has 0 spiro atoms. The molecule has 0 atom stereocenters. The lowest BCUT2D eigenvalue weighted by atomic mass is 10.1. The van der Waals surface area contributed by atoms with Crippen molar-refractivity contribution in [2.75, 3.05) is 11.1 Å². The standard InChI is InChI=1S/C24H27N5O3S/c1-5-11-29-21(14-32-20-8-6-7-16(2)12-20)27-28-24(29)33-15-22(30)26-23(31)25-19-10-9-17(3)18(4)13-19/h5-10,12-13H,1,11,14-15H2,2-4H3,(H2,25,26,30,31). The first-order valence-electron chi connectivity index (χ1n) is 10.4. The number of rotatable bonds is 9. The van der Waals surface area contributed by atoms with Crippen molar-refractivity contribution in [3.8, 4) is 5.75 Å². The van der Waals surface area contributed by atoms with E-state index in [1.54, 1.807) is 12.1 Å². The number of hydrogen-bond donors (Lipinski definition) is 2. The van der Waals surface area contributed by atoms with E-state index < -0.39 is 11.9 Å². The number of carbonyl (C=O) groups excluding carboxylic acids is 2. The fourth-order valence-corrected chi connectivity index (χ4v) is 3.74. The van der Waals surface area contributed by atoms with Gasteiger partial charge in [-0.15, -0.1) is 16.8 Å². The average molecular weight is 466 g/mol. The van der Waals surface area contributed by atoms with Crippen LogP contribution in [-0.2, 0) is 17.9 Å². The second-order valence-corrected chi connectivity index (χ2v) is 8.44. The van der Waals surface area contributed by atoms with Crippen molar-refractivity contribution in [2.24, 2.45) is 0 Å². The van der Waals surface area contributed by atoms with Crippen LogP contribution in [0.25, 0.3) is 0 Å². The van der Waals surface area contributed by atoms with Crippen molar-refractivity contribution in [3.63, 3.8) is 0 Å². The van der Waals surface area contributed by atoms with E-state index in [-0.39, 0.29) is 12.4 Å². The molecule has 0 aliphatic heterocycles. The van der Waals surface area contributed by atoms with E-state index in [9.17, 15) is 9.59 Å². The maximum Gasteiger partial charge on any atom is 0.325 e. The highest BCUT2D eigenvalue weighted by atomic mass is 32.2. The van der Waals surface area contributed by atoms with Gasteiger partial charge in [0.25, 0.3) is 0 Å². The topological polar surface area (TPSA) is 98.1 Å². The molecule has 8 nitrogen and oxygen atoms in total. The van der Waals surface area contributed by atoms with Gasteiger partial charge in [0, 0.05) is 12.2 Å². The van der Waals surface area contributed by atoms with Gasteiger partial charge in [-0.1, -0.05) is 36.0 Å². The molecular weight excluding hydrogens is 438 g/mol. The van der Waals surface area contributed by atoms with Crippen LogP contribution in [0.4, 0.5) is 10.5 Å². The fraction of sp³-hybridized carbons (Fsp3) is 0.250. The predicted octanol–water partition coefficient (Wildman–Crippen LogP) is 4.41. The highest BCUT2D eigenvalue weighted by Crippen LogP contribution is 2.19. The van der Waals surface area contributed by atoms with Gasteiger partial charge in [0.1, 0.15) is 12.4 Å². The van der Waals surface area contributed by atoms with Crippen molar-refractivity contribution in [1.29, 1.82) is 0 Å². The molecule has 2 aromatic carbocycles. The molecule has 0 aliphatic carbocycles. The first-order chi connectivity index (χ1) is 15.9. The molecule has 172 valence electrons. The first kappa shape index (κ1) is 24.1. The number of anilines is 1. The zero-order valence-electron chi connectivity index (χ0n) is 18.9. The number of urea groups is 1. The van der Waals surface area contributed by atoms with Crippen molar-refractivity contribution in [2.45, 2.75) is 39.1 Å². The summed E-state index contributed by atoms with van der Waals surface area (Å²) in [5.41, 5.74) is 3.91. The zero-order valence-corrected chi connectivity index (χ0v) is 19.7.